The first-order chi connectivity index (χ1) is 16.7. The summed E-state index contributed by atoms with van der Waals surface area (Å²) in [6.45, 7) is 19.3. The first-order valence-electron chi connectivity index (χ1n) is 13.8. The molecule has 0 radical (unpaired) electrons. The van der Waals surface area contributed by atoms with Crippen LogP contribution in [0.3, 0.4) is 0 Å². The Labute approximate surface area is 225 Å². The number of Topliss-reactive ketones (excluding diaryl/α,β-unsaturated/α-hetero) is 1. The second kappa shape index (κ2) is 11.1. The van der Waals surface area contributed by atoms with Gasteiger partial charge in [-0.1, -0.05) is 34.6 Å². The standard InChI is InChI=1S/C30H49N3O2S/c1-10-28(4,5)35-17-16-30(8,11-2)32-27(36)31-22-14-15-23-24(18-22)29(6,7)20(3)25(26(23)34)33(9)19-21-12-13-21/h14-15,18,20-21,25H,10-13,16-17,19H2,1-9H3,(H2,31,32,36)/t20-,25?,30?/m0/s1. The fourth-order valence-corrected chi connectivity index (χ4v) is 5.58. The van der Waals surface area contributed by atoms with Gasteiger partial charge in [0.05, 0.1) is 11.6 Å². The Balaban J connectivity index is 1.70. The molecule has 0 bridgehead atoms. The molecule has 3 atom stereocenters. The number of ether oxygens (including phenoxy) is 1. The monoisotopic (exact) mass is 515 g/mol. The number of hydrogen-bond donors (Lipinski definition) is 2. The molecule has 0 heterocycles. The van der Waals surface area contributed by atoms with Crippen LogP contribution in [0.5, 0.6) is 0 Å². The summed E-state index contributed by atoms with van der Waals surface area (Å²) in [5.41, 5.74) is 2.49. The summed E-state index contributed by atoms with van der Waals surface area (Å²) >= 11 is 5.72. The quantitative estimate of drug-likeness (QED) is 0.326. The van der Waals surface area contributed by atoms with E-state index in [1.54, 1.807) is 0 Å². The topological polar surface area (TPSA) is 53.6 Å². The van der Waals surface area contributed by atoms with Gasteiger partial charge in [-0.25, -0.2) is 0 Å². The number of likely N-dealkylation sites (N-methyl/N-ethyl adjacent to an activating group) is 1. The van der Waals surface area contributed by atoms with E-state index in [4.69, 9.17) is 17.0 Å². The molecule has 2 aliphatic carbocycles. The van der Waals surface area contributed by atoms with Crippen LogP contribution in [-0.4, -0.2) is 53.2 Å². The first-order valence-corrected chi connectivity index (χ1v) is 14.3. The molecule has 0 aliphatic heterocycles. The summed E-state index contributed by atoms with van der Waals surface area (Å²) in [5.74, 6) is 1.23. The van der Waals surface area contributed by atoms with Crippen molar-refractivity contribution >= 4 is 28.8 Å². The molecule has 2 N–H and O–H groups in total. The van der Waals surface area contributed by atoms with Gasteiger partial charge in [0.1, 0.15) is 0 Å². The third-order valence-corrected chi connectivity index (χ3v) is 9.23. The average molecular weight is 516 g/mol. The highest BCUT2D eigenvalue weighted by Gasteiger charge is 2.46. The normalized spacial score (nSPS) is 23.2. The molecule has 1 aromatic rings. The Morgan fingerprint density at radius 3 is 2.44 bits per heavy atom. The molecule has 5 nitrogen and oxygen atoms in total. The zero-order valence-electron chi connectivity index (χ0n) is 24.1. The fraction of sp³-hybridized carbons (Fsp3) is 0.733. The molecule has 0 amide bonds. The number of anilines is 1. The number of hydrogen-bond acceptors (Lipinski definition) is 4. The number of nitrogens with zero attached hydrogens (tertiary/aromatic N) is 1. The zero-order valence-corrected chi connectivity index (χ0v) is 24.9. The highest BCUT2D eigenvalue weighted by molar-refractivity contribution is 7.80. The van der Waals surface area contributed by atoms with Gasteiger partial charge in [-0.05, 0) is 113 Å². The Kier molecular flexibility index (Phi) is 8.95. The number of fused-ring (bicyclic) bond motifs is 1. The lowest BCUT2D eigenvalue weighted by Crippen LogP contribution is -2.53. The highest BCUT2D eigenvalue weighted by atomic mass is 32.1. The average Bonchev–Trinajstić information content (AvgIpc) is 3.61. The van der Waals surface area contributed by atoms with E-state index in [9.17, 15) is 4.79 Å². The van der Waals surface area contributed by atoms with Crippen molar-refractivity contribution in [2.24, 2.45) is 11.8 Å². The van der Waals surface area contributed by atoms with Gasteiger partial charge in [-0.2, -0.15) is 0 Å². The second-order valence-electron chi connectivity index (χ2n) is 12.7. The van der Waals surface area contributed by atoms with Crippen LogP contribution in [0.1, 0.15) is 103 Å². The van der Waals surface area contributed by atoms with Crippen molar-refractivity contribution in [2.45, 2.75) is 110 Å². The lowest BCUT2D eigenvalue weighted by Gasteiger charge is -2.46. The maximum absolute atomic E-state index is 13.6. The van der Waals surface area contributed by atoms with Crippen molar-refractivity contribution in [3.05, 3.63) is 29.3 Å². The van der Waals surface area contributed by atoms with E-state index in [0.717, 1.165) is 48.5 Å². The third-order valence-electron chi connectivity index (χ3n) is 9.03. The van der Waals surface area contributed by atoms with E-state index in [1.165, 1.54) is 12.8 Å². The number of ketones is 1. The smallest absolute Gasteiger partial charge is 0.180 e. The van der Waals surface area contributed by atoms with E-state index in [0.29, 0.717) is 11.7 Å². The minimum absolute atomic E-state index is 0.0696. The first kappa shape index (κ1) is 29.1. The van der Waals surface area contributed by atoms with Crippen LogP contribution in [0, 0.1) is 11.8 Å². The van der Waals surface area contributed by atoms with Gasteiger partial charge in [-0.3, -0.25) is 9.69 Å². The third kappa shape index (κ3) is 6.68. The van der Waals surface area contributed by atoms with Crippen molar-refractivity contribution in [3.63, 3.8) is 0 Å². The molecule has 202 valence electrons. The van der Waals surface area contributed by atoms with Gasteiger partial charge >= 0.3 is 0 Å². The number of benzene rings is 1. The molecule has 3 rings (SSSR count). The van der Waals surface area contributed by atoms with Gasteiger partial charge in [0, 0.05) is 29.9 Å². The van der Waals surface area contributed by atoms with Crippen molar-refractivity contribution < 1.29 is 9.53 Å². The number of carbonyl (C=O) groups is 1. The number of rotatable bonds is 11. The molecule has 1 aromatic carbocycles. The van der Waals surface area contributed by atoms with Crippen molar-refractivity contribution in [2.75, 3.05) is 25.5 Å². The molecule has 1 fully saturated rings. The number of thiocarbonyl (C=S) groups is 1. The van der Waals surface area contributed by atoms with Crippen LogP contribution < -0.4 is 10.6 Å². The molecule has 2 aliphatic rings. The Hall–Kier alpha value is -1.50. The van der Waals surface area contributed by atoms with Crippen LogP contribution in [0.4, 0.5) is 5.69 Å². The number of nitrogens with one attached hydrogen (secondary N) is 2. The minimum Gasteiger partial charge on any atom is -0.375 e. The van der Waals surface area contributed by atoms with Crippen molar-refractivity contribution in [3.8, 4) is 0 Å². The molecule has 2 unspecified atom stereocenters. The fourth-order valence-electron chi connectivity index (χ4n) is 5.22. The second-order valence-corrected chi connectivity index (χ2v) is 13.1. The molecular weight excluding hydrogens is 466 g/mol. The highest BCUT2D eigenvalue weighted by Crippen LogP contribution is 2.44. The minimum atomic E-state index is -0.161. The SMILES string of the molecule is CCC(C)(CCOC(C)(C)CC)NC(=S)Nc1ccc2c(c1)C(C)(C)[C@@H](C)C(N(C)CC1CC1)C2=O. The maximum Gasteiger partial charge on any atom is 0.180 e. The van der Waals surface area contributed by atoms with Gasteiger partial charge in [0.2, 0.25) is 0 Å². The molecule has 36 heavy (non-hydrogen) atoms. The van der Waals surface area contributed by atoms with Crippen molar-refractivity contribution in [1.82, 2.24) is 10.2 Å². The van der Waals surface area contributed by atoms with Gasteiger partial charge in [0.15, 0.2) is 10.9 Å². The maximum atomic E-state index is 13.6. The lowest BCUT2D eigenvalue weighted by atomic mass is 9.63. The largest absolute Gasteiger partial charge is 0.375 e. The van der Waals surface area contributed by atoms with E-state index in [1.807, 2.05) is 12.1 Å². The van der Waals surface area contributed by atoms with Gasteiger partial charge in [-0.15, -0.1) is 0 Å². The molecule has 0 spiro atoms. The van der Waals surface area contributed by atoms with E-state index >= 15 is 0 Å². The summed E-state index contributed by atoms with van der Waals surface area (Å²) in [5, 5.41) is 7.52. The molecular formula is C30H49N3O2S. The van der Waals surface area contributed by atoms with E-state index < -0.39 is 0 Å². The van der Waals surface area contributed by atoms with Gasteiger partial charge in [0.25, 0.3) is 0 Å². The summed E-state index contributed by atoms with van der Waals surface area (Å²) in [6, 6.07) is 6.05. The van der Waals surface area contributed by atoms with Crippen LogP contribution in [0.25, 0.3) is 0 Å². The van der Waals surface area contributed by atoms with Crippen LogP contribution in [0.15, 0.2) is 18.2 Å². The summed E-state index contributed by atoms with van der Waals surface area (Å²) in [7, 11) is 2.12. The number of carbonyl (C=O) groups excluding carboxylic acids is 1. The Morgan fingerprint density at radius 2 is 1.86 bits per heavy atom. The summed E-state index contributed by atoms with van der Waals surface area (Å²) in [6.07, 6.45) is 5.38. The van der Waals surface area contributed by atoms with Crippen molar-refractivity contribution in [1.29, 1.82) is 0 Å². The van der Waals surface area contributed by atoms with Gasteiger partial charge < -0.3 is 15.4 Å². The van der Waals surface area contributed by atoms with Crippen LogP contribution >= 0.6 is 12.2 Å². The van der Waals surface area contributed by atoms with E-state index in [2.05, 4.69) is 84.0 Å². The van der Waals surface area contributed by atoms with Crippen LogP contribution in [-0.2, 0) is 10.2 Å². The molecule has 0 aromatic heterocycles. The zero-order chi connectivity index (χ0) is 26.9. The molecule has 1 saturated carbocycles. The predicted octanol–water partition coefficient (Wildman–Crippen LogP) is 6.56. The predicted molar refractivity (Wildman–Crippen MR) is 155 cm³/mol. The molecule has 6 heteroatoms. The summed E-state index contributed by atoms with van der Waals surface area (Å²) < 4.78 is 6.09. The summed E-state index contributed by atoms with van der Waals surface area (Å²) in [4.78, 5) is 15.9. The van der Waals surface area contributed by atoms with E-state index in [-0.39, 0.29) is 34.3 Å². The Morgan fingerprint density at radius 1 is 1.19 bits per heavy atom. The molecule has 0 saturated heterocycles. The lowest BCUT2D eigenvalue weighted by molar-refractivity contribution is -0.0277. The Bertz CT molecular complexity index is 956. The van der Waals surface area contributed by atoms with Crippen LogP contribution in [0.2, 0.25) is 0 Å².